The Kier molecular flexibility index (Phi) is 3.42. The summed E-state index contributed by atoms with van der Waals surface area (Å²) in [5.74, 6) is -1.43. The van der Waals surface area contributed by atoms with E-state index < -0.39 is 17.2 Å². The highest BCUT2D eigenvalue weighted by Gasteiger charge is 2.14. The summed E-state index contributed by atoms with van der Waals surface area (Å²) in [5, 5.41) is 2.46. The van der Waals surface area contributed by atoms with Gasteiger partial charge in [0.15, 0.2) is 11.6 Å². The number of aryl methyl sites for hydroxylation is 1. The Bertz CT molecular complexity index is 657. The first-order valence-corrected chi connectivity index (χ1v) is 5.75. The normalized spacial score (nSPS) is 10.4. The van der Waals surface area contributed by atoms with Crippen molar-refractivity contribution in [2.75, 3.05) is 5.32 Å². The third-order valence-corrected chi connectivity index (χ3v) is 3.06. The number of benzene rings is 1. The van der Waals surface area contributed by atoms with Gasteiger partial charge in [-0.15, -0.1) is 0 Å². The van der Waals surface area contributed by atoms with Gasteiger partial charge in [0.2, 0.25) is 0 Å². The van der Waals surface area contributed by atoms with Gasteiger partial charge in [-0.05, 0) is 34.5 Å². The van der Waals surface area contributed by atoms with Crippen LogP contribution in [-0.2, 0) is 0 Å². The van der Waals surface area contributed by atoms with Crippen LogP contribution in [0.15, 0.2) is 27.7 Å². The number of hydrogen-bond donors (Lipinski definition) is 2. The summed E-state index contributed by atoms with van der Waals surface area (Å²) in [7, 11) is 0. The first-order valence-electron chi connectivity index (χ1n) is 4.95. The predicted molar refractivity (Wildman–Crippen MR) is 66.9 cm³/mol. The number of aromatic nitrogens is 2. The number of halogens is 3. The molecule has 0 saturated carbocycles. The van der Waals surface area contributed by atoms with E-state index in [2.05, 4.69) is 31.2 Å². The van der Waals surface area contributed by atoms with Crippen molar-refractivity contribution in [3.63, 3.8) is 0 Å². The summed E-state index contributed by atoms with van der Waals surface area (Å²) >= 11 is 2.99. The molecule has 1 heterocycles. The third kappa shape index (κ3) is 2.26. The number of aromatic amines is 1. The average Bonchev–Trinajstić information content (AvgIpc) is 2.35. The Morgan fingerprint density at radius 3 is 2.83 bits per heavy atom. The third-order valence-electron chi connectivity index (χ3n) is 2.32. The summed E-state index contributed by atoms with van der Waals surface area (Å²) in [6.45, 7) is 1.51. The second kappa shape index (κ2) is 4.85. The number of nitrogens with zero attached hydrogens (tertiary/aromatic N) is 1. The maximum atomic E-state index is 13.7. The number of H-pyrrole nitrogens is 1. The van der Waals surface area contributed by atoms with Crippen LogP contribution in [0.4, 0.5) is 20.3 Å². The molecule has 2 rings (SSSR count). The Morgan fingerprint density at radius 1 is 1.39 bits per heavy atom. The molecule has 0 atom stereocenters. The van der Waals surface area contributed by atoms with Gasteiger partial charge < -0.3 is 10.3 Å². The van der Waals surface area contributed by atoms with E-state index in [-0.39, 0.29) is 16.0 Å². The van der Waals surface area contributed by atoms with E-state index in [4.69, 9.17) is 0 Å². The number of rotatable bonds is 2. The van der Waals surface area contributed by atoms with Crippen LogP contribution in [0.25, 0.3) is 0 Å². The second-order valence-electron chi connectivity index (χ2n) is 3.57. The Balaban J connectivity index is 2.50. The van der Waals surface area contributed by atoms with Crippen LogP contribution in [0.2, 0.25) is 0 Å². The molecule has 0 spiro atoms. The molecule has 0 aliphatic heterocycles. The molecule has 7 heteroatoms. The highest BCUT2D eigenvalue weighted by molar-refractivity contribution is 9.10. The fourth-order valence-electron chi connectivity index (χ4n) is 1.36. The van der Waals surface area contributed by atoms with E-state index in [0.29, 0.717) is 5.56 Å². The summed E-state index contributed by atoms with van der Waals surface area (Å²) in [5.41, 5.74) is -0.491. The van der Waals surface area contributed by atoms with Crippen molar-refractivity contribution in [1.29, 1.82) is 0 Å². The van der Waals surface area contributed by atoms with E-state index in [1.54, 1.807) is 0 Å². The lowest BCUT2D eigenvalue weighted by Crippen LogP contribution is -2.11. The van der Waals surface area contributed by atoms with Crippen molar-refractivity contribution in [2.24, 2.45) is 0 Å². The topological polar surface area (TPSA) is 57.8 Å². The number of anilines is 2. The van der Waals surface area contributed by atoms with Gasteiger partial charge in [-0.2, -0.15) is 0 Å². The van der Waals surface area contributed by atoms with Crippen LogP contribution < -0.4 is 10.9 Å². The summed E-state index contributed by atoms with van der Waals surface area (Å²) in [6, 6.07) is 2.47. The zero-order valence-corrected chi connectivity index (χ0v) is 10.8. The molecule has 0 aliphatic rings. The minimum Gasteiger partial charge on any atom is -0.334 e. The minimum atomic E-state index is -0.757. The molecule has 1 aromatic carbocycles. The van der Waals surface area contributed by atoms with Crippen molar-refractivity contribution >= 4 is 27.4 Å². The molecule has 18 heavy (non-hydrogen) atoms. The van der Waals surface area contributed by atoms with Crippen LogP contribution >= 0.6 is 15.9 Å². The van der Waals surface area contributed by atoms with Crippen molar-refractivity contribution in [3.05, 3.63) is 50.5 Å². The lowest BCUT2D eigenvalue weighted by molar-refractivity contribution is 0.584. The summed E-state index contributed by atoms with van der Waals surface area (Å²) in [4.78, 5) is 17.4. The number of nitrogens with one attached hydrogen (secondary N) is 2. The van der Waals surface area contributed by atoms with Crippen LogP contribution in [0.5, 0.6) is 0 Å². The van der Waals surface area contributed by atoms with Gasteiger partial charge >= 0.3 is 0 Å². The molecule has 0 radical (unpaired) electrons. The molecule has 0 unspecified atom stereocenters. The molecule has 1 aromatic heterocycles. The lowest BCUT2D eigenvalue weighted by Gasteiger charge is -2.10. The molecular formula is C11H8BrF2N3O. The molecule has 2 aromatic rings. The van der Waals surface area contributed by atoms with Crippen molar-refractivity contribution < 1.29 is 8.78 Å². The van der Waals surface area contributed by atoms with Crippen LogP contribution in [0.1, 0.15) is 5.56 Å². The second-order valence-corrected chi connectivity index (χ2v) is 4.37. The first-order chi connectivity index (χ1) is 8.50. The smallest absolute Gasteiger partial charge is 0.267 e. The van der Waals surface area contributed by atoms with Gasteiger partial charge in [-0.25, -0.2) is 13.8 Å². The van der Waals surface area contributed by atoms with Crippen molar-refractivity contribution in [2.45, 2.75) is 6.92 Å². The van der Waals surface area contributed by atoms with Gasteiger partial charge in [0.05, 0.1) is 6.33 Å². The van der Waals surface area contributed by atoms with Crippen LogP contribution in [0, 0.1) is 18.6 Å². The minimum absolute atomic E-state index is 0.0437. The maximum absolute atomic E-state index is 13.7. The maximum Gasteiger partial charge on any atom is 0.267 e. The fraction of sp³-hybridized carbons (Fsp3) is 0.0909. The van der Waals surface area contributed by atoms with Crippen molar-refractivity contribution in [1.82, 2.24) is 9.97 Å². The highest BCUT2D eigenvalue weighted by atomic mass is 79.9. The van der Waals surface area contributed by atoms with E-state index >= 15 is 0 Å². The standard InChI is InChI=1S/C11H8BrF2N3O/c1-5-2-3-6(13)9(8(5)14)17-10-7(12)11(18)16-4-15-10/h2-4H,1H3,(H2,15,16,17,18). The molecule has 0 aliphatic carbocycles. The Hall–Kier alpha value is -1.76. The number of hydrogen-bond acceptors (Lipinski definition) is 3. The van der Waals surface area contributed by atoms with Gasteiger partial charge in [0.1, 0.15) is 16.0 Å². The molecule has 0 fully saturated rings. The molecule has 4 nitrogen and oxygen atoms in total. The van der Waals surface area contributed by atoms with Crippen LogP contribution in [0.3, 0.4) is 0 Å². The quantitative estimate of drug-likeness (QED) is 0.896. The molecule has 0 bridgehead atoms. The summed E-state index contributed by atoms with van der Waals surface area (Å²) < 4.78 is 27.3. The van der Waals surface area contributed by atoms with E-state index in [1.807, 2.05) is 0 Å². The Morgan fingerprint density at radius 2 is 2.11 bits per heavy atom. The van der Waals surface area contributed by atoms with E-state index in [1.165, 1.54) is 13.0 Å². The highest BCUT2D eigenvalue weighted by Crippen LogP contribution is 2.26. The van der Waals surface area contributed by atoms with Crippen molar-refractivity contribution in [3.8, 4) is 0 Å². The first kappa shape index (κ1) is 12.7. The van der Waals surface area contributed by atoms with Crippen LogP contribution in [-0.4, -0.2) is 9.97 Å². The zero-order valence-electron chi connectivity index (χ0n) is 9.22. The molecule has 94 valence electrons. The Labute approximate surface area is 109 Å². The molecule has 2 N–H and O–H groups in total. The van der Waals surface area contributed by atoms with E-state index in [9.17, 15) is 13.6 Å². The van der Waals surface area contributed by atoms with Gasteiger partial charge in [0, 0.05) is 0 Å². The predicted octanol–water partition coefficient (Wildman–Crippen LogP) is 2.86. The average molecular weight is 316 g/mol. The van der Waals surface area contributed by atoms with Gasteiger partial charge in [-0.3, -0.25) is 4.79 Å². The van der Waals surface area contributed by atoms with E-state index in [0.717, 1.165) is 12.4 Å². The zero-order chi connectivity index (χ0) is 13.3. The SMILES string of the molecule is Cc1ccc(F)c(Nc2nc[nH]c(=O)c2Br)c1F. The summed E-state index contributed by atoms with van der Waals surface area (Å²) in [6.07, 6.45) is 1.14. The fourth-order valence-corrected chi connectivity index (χ4v) is 1.68. The van der Waals surface area contributed by atoms with Gasteiger partial charge in [-0.1, -0.05) is 6.07 Å². The van der Waals surface area contributed by atoms with Gasteiger partial charge in [0.25, 0.3) is 5.56 Å². The lowest BCUT2D eigenvalue weighted by atomic mass is 10.2. The molecular weight excluding hydrogens is 308 g/mol. The molecule has 0 amide bonds. The monoisotopic (exact) mass is 315 g/mol. The molecule has 0 saturated heterocycles. The largest absolute Gasteiger partial charge is 0.334 e.